The highest BCUT2D eigenvalue weighted by Gasteiger charge is 2.30. The molecular formula is C27H25F5O2. The van der Waals surface area contributed by atoms with Crippen molar-refractivity contribution in [1.29, 1.82) is 0 Å². The summed E-state index contributed by atoms with van der Waals surface area (Å²) in [6.45, 7) is 5.37. The molecule has 34 heavy (non-hydrogen) atoms. The number of benzene rings is 3. The number of halogens is 5. The van der Waals surface area contributed by atoms with Crippen LogP contribution in [0.5, 0.6) is 0 Å². The van der Waals surface area contributed by atoms with E-state index in [9.17, 15) is 31.9 Å². The van der Waals surface area contributed by atoms with E-state index in [0.717, 1.165) is 24.3 Å². The van der Waals surface area contributed by atoms with Crippen molar-refractivity contribution in [2.75, 3.05) is 0 Å². The second kappa shape index (κ2) is 10.1. The Morgan fingerprint density at radius 3 is 1.85 bits per heavy atom. The van der Waals surface area contributed by atoms with Gasteiger partial charge in [-0.1, -0.05) is 38.1 Å². The van der Waals surface area contributed by atoms with Crippen molar-refractivity contribution >= 4 is 5.78 Å². The smallest absolute Gasteiger partial charge is 0.384 e. The summed E-state index contributed by atoms with van der Waals surface area (Å²) in [4.78, 5) is 12.4. The zero-order chi connectivity index (χ0) is 25.2. The first kappa shape index (κ1) is 25.6. The predicted octanol–water partition coefficient (Wildman–Crippen LogP) is 7.45. The average molecular weight is 476 g/mol. The Bertz CT molecular complexity index is 1150. The third-order valence-corrected chi connectivity index (χ3v) is 5.64. The van der Waals surface area contributed by atoms with E-state index in [1.165, 1.54) is 19.1 Å². The maximum absolute atomic E-state index is 13.8. The zero-order valence-corrected chi connectivity index (χ0v) is 19.0. The predicted molar refractivity (Wildman–Crippen MR) is 120 cm³/mol. The lowest BCUT2D eigenvalue weighted by Crippen LogP contribution is -2.13. The van der Waals surface area contributed by atoms with Gasteiger partial charge in [0.25, 0.3) is 0 Å². The van der Waals surface area contributed by atoms with Crippen LogP contribution in [0.2, 0.25) is 0 Å². The standard InChI is InChI=1S/C27H25F5O2/c1-15(2)8-25(16(3)33)19-9-18(17-4-6-22(7-5-17)27(30,31)32)10-20(11-19)26(34)21-12-23(28)14-24(29)13-21/h4-7,9-15,25-26,34H,8H2,1-3H3. The number of hydrogen-bond acceptors (Lipinski definition) is 2. The molecule has 0 radical (unpaired) electrons. The van der Waals surface area contributed by atoms with E-state index in [2.05, 4.69) is 0 Å². The molecule has 0 fully saturated rings. The number of aliphatic hydroxyl groups is 1. The van der Waals surface area contributed by atoms with Crippen LogP contribution < -0.4 is 0 Å². The number of hydrogen-bond donors (Lipinski definition) is 1. The van der Waals surface area contributed by atoms with Crippen LogP contribution in [-0.4, -0.2) is 10.9 Å². The Labute approximate surface area is 195 Å². The molecule has 0 spiro atoms. The highest BCUT2D eigenvalue weighted by Crippen LogP contribution is 2.36. The van der Waals surface area contributed by atoms with Crippen molar-refractivity contribution in [3.63, 3.8) is 0 Å². The van der Waals surface area contributed by atoms with Gasteiger partial charge in [0.05, 0.1) is 5.56 Å². The molecular weight excluding hydrogens is 451 g/mol. The van der Waals surface area contributed by atoms with Gasteiger partial charge < -0.3 is 5.11 Å². The third kappa shape index (κ3) is 6.08. The Balaban J connectivity index is 2.16. The Kier molecular flexibility index (Phi) is 7.56. The summed E-state index contributed by atoms with van der Waals surface area (Å²) in [6, 6.07) is 12.1. The van der Waals surface area contributed by atoms with E-state index >= 15 is 0 Å². The molecule has 0 saturated carbocycles. The van der Waals surface area contributed by atoms with E-state index in [0.29, 0.717) is 29.2 Å². The fourth-order valence-corrected chi connectivity index (χ4v) is 3.99. The molecule has 0 bridgehead atoms. The van der Waals surface area contributed by atoms with Crippen molar-refractivity contribution in [3.05, 3.63) is 94.6 Å². The number of rotatable bonds is 7. The van der Waals surface area contributed by atoms with Gasteiger partial charge in [-0.15, -0.1) is 0 Å². The highest BCUT2D eigenvalue weighted by molar-refractivity contribution is 5.84. The van der Waals surface area contributed by atoms with Gasteiger partial charge in [0, 0.05) is 12.0 Å². The second-order valence-electron chi connectivity index (χ2n) is 8.86. The molecule has 0 heterocycles. The van der Waals surface area contributed by atoms with Crippen molar-refractivity contribution in [2.45, 2.75) is 45.4 Å². The van der Waals surface area contributed by atoms with E-state index in [-0.39, 0.29) is 22.8 Å². The first-order chi connectivity index (χ1) is 15.8. The quantitative estimate of drug-likeness (QED) is 0.360. The topological polar surface area (TPSA) is 37.3 Å². The largest absolute Gasteiger partial charge is 0.416 e. The molecule has 7 heteroatoms. The molecule has 0 aliphatic carbocycles. The monoisotopic (exact) mass is 476 g/mol. The minimum absolute atomic E-state index is 0.0174. The second-order valence-corrected chi connectivity index (χ2v) is 8.86. The molecule has 3 aromatic carbocycles. The van der Waals surface area contributed by atoms with Crippen LogP contribution >= 0.6 is 0 Å². The molecule has 3 rings (SSSR count). The molecule has 0 aromatic heterocycles. The molecule has 2 atom stereocenters. The van der Waals surface area contributed by atoms with Gasteiger partial charge in [-0.3, -0.25) is 4.79 Å². The molecule has 1 N–H and O–H groups in total. The van der Waals surface area contributed by atoms with Crippen LogP contribution in [0.4, 0.5) is 22.0 Å². The maximum atomic E-state index is 13.8. The SMILES string of the molecule is CC(=O)C(CC(C)C)c1cc(-c2ccc(C(F)(F)F)cc2)cc(C(O)c2cc(F)cc(F)c2)c1. The van der Waals surface area contributed by atoms with Crippen LogP contribution in [0, 0.1) is 17.6 Å². The van der Waals surface area contributed by atoms with Gasteiger partial charge in [-0.05, 0) is 77.4 Å². The first-order valence-corrected chi connectivity index (χ1v) is 10.8. The number of alkyl halides is 3. The number of carbonyl (C=O) groups excluding carboxylic acids is 1. The lowest BCUT2D eigenvalue weighted by atomic mass is 9.84. The van der Waals surface area contributed by atoms with Crippen LogP contribution in [0.25, 0.3) is 11.1 Å². The van der Waals surface area contributed by atoms with Crippen molar-refractivity contribution in [2.24, 2.45) is 5.92 Å². The fraction of sp³-hybridized carbons (Fsp3) is 0.296. The summed E-state index contributed by atoms with van der Waals surface area (Å²) in [5.74, 6) is -2.14. The number of ketones is 1. The Morgan fingerprint density at radius 2 is 1.35 bits per heavy atom. The lowest BCUT2D eigenvalue weighted by Gasteiger charge is -2.21. The molecule has 0 aliphatic rings. The first-order valence-electron chi connectivity index (χ1n) is 10.8. The van der Waals surface area contributed by atoms with Gasteiger partial charge >= 0.3 is 6.18 Å². The van der Waals surface area contributed by atoms with Gasteiger partial charge in [0.2, 0.25) is 0 Å². The van der Waals surface area contributed by atoms with Crippen LogP contribution in [-0.2, 0) is 11.0 Å². The highest BCUT2D eigenvalue weighted by atomic mass is 19.4. The number of Topliss-reactive ketones (excluding diaryl/α,β-unsaturated/α-hetero) is 1. The van der Waals surface area contributed by atoms with E-state index < -0.39 is 35.4 Å². The fourth-order valence-electron chi connectivity index (χ4n) is 3.99. The number of aliphatic hydroxyl groups excluding tert-OH is 1. The van der Waals surface area contributed by atoms with Crippen molar-refractivity contribution in [1.82, 2.24) is 0 Å². The molecule has 2 unspecified atom stereocenters. The molecule has 0 saturated heterocycles. The number of carbonyl (C=O) groups is 1. The molecule has 0 aliphatic heterocycles. The molecule has 2 nitrogen and oxygen atoms in total. The molecule has 3 aromatic rings. The Morgan fingerprint density at radius 1 is 0.824 bits per heavy atom. The van der Waals surface area contributed by atoms with Gasteiger partial charge in [0.15, 0.2) is 0 Å². The normalized spacial score (nSPS) is 13.7. The summed E-state index contributed by atoms with van der Waals surface area (Å²) >= 11 is 0. The van der Waals surface area contributed by atoms with Crippen LogP contribution in [0.3, 0.4) is 0 Å². The van der Waals surface area contributed by atoms with Crippen molar-refractivity contribution in [3.8, 4) is 11.1 Å². The average Bonchev–Trinajstić information content (AvgIpc) is 2.75. The lowest BCUT2D eigenvalue weighted by molar-refractivity contribution is -0.137. The summed E-state index contributed by atoms with van der Waals surface area (Å²) in [6.07, 6.45) is -5.37. The zero-order valence-electron chi connectivity index (χ0n) is 19.0. The summed E-state index contributed by atoms with van der Waals surface area (Å²) < 4.78 is 66.5. The summed E-state index contributed by atoms with van der Waals surface area (Å²) in [5.41, 5.74) is 0.949. The minimum atomic E-state index is -4.49. The summed E-state index contributed by atoms with van der Waals surface area (Å²) in [5, 5.41) is 10.9. The van der Waals surface area contributed by atoms with E-state index in [1.807, 2.05) is 13.8 Å². The van der Waals surface area contributed by atoms with Crippen LogP contribution in [0.1, 0.15) is 61.5 Å². The maximum Gasteiger partial charge on any atom is 0.416 e. The van der Waals surface area contributed by atoms with Crippen LogP contribution in [0.15, 0.2) is 60.7 Å². The van der Waals surface area contributed by atoms with Gasteiger partial charge in [-0.25, -0.2) is 8.78 Å². The van der Waals surface area contributed by atoms with E-state index in [1.54, 1.807) is 18.2 Å². The molecule has 0 amide bonds. The Hall–Kier alpha value is -3.06. The van der Waals surface area contributed by atoms with Gasteiger partial charge in [-0.2, -0.15) is 13.2 Å². The third-order valence-electron chi connectivity index (χ3n) is 5.64. The van der Waals surface area contributed by atoms with Gasteiger partial charge in [0.1, 0.15) is 23.5 Å². The van der Waals surface area contributed by atoms with Crippen molar-refractivity contribution < 1.29 is 31.9 Å². The minimum Gasteiger partial charge on any atom is -0.384 e. The summed E-state index contributed by atoms with van der Waals surface area (Å²) in [7, 11) is 0. The molecule has 180 valence electrons. The van der Waals surface area contributed by atoms with E-state index in [4.69, 9.17) is 0 Å².